The number of nitro groups is 1. The second-order valence-corrected chi connectivity index (χ2v) is 6.16. The molecule has 0 spiro atoms. The van der Waals surface area contributed by atoms with Crippen LogP contribution in [-0.4, -0.2) is 18.3 Å². The van der Waals surface area contributed by atoms with Crippen molar-refractivity contribution in [1.29, 1.82) is 5.26 Å². The van der Waals surface area contributed by atoms with E-state index in [2.05, 4.69) is 4.98 Å². The van der Waals surface area contributed by atoms with Crippen molar-refractivity contribution in [2.75, 3.05) is 0 Å². The van der Waals surface area contributed by atoms with E-state index in [1.165, 1.54) is 30.5 Å². The van der Waals surface area contributed by atoms with Crippen LogP contribution >= 0.6 is 0 Å². The van der Waals surface area contributed by atoms with E-state index in [1.807, 2.05) is 6.07 Å². The first-order valence-electron chi connectivity index (χ1n) is 5.74. The Hall–Kier alpha value is -2.79. The van der Waals surface area contributed by atoms with Crippen molar-refractivity contribution in [3.63, 3.8) is 0 Å². The number of nitriles is 1. The fourth-order valence-corrected chi connectivity index (χ4v) is 3.04. The molecule has 21 heavy (non-hydrogen) atoms. The number of nitrogens with zero attached hydrogens (tertiary/aromatic N) is 3. The van der Waals surface area contributed by atoms with Crippen molar-refractivity contribution < 1.29 is 13.3 Å². The Kier molecular flexibility index (Phi) is 3.95. The van der Waals surface area contributed by atoms with E-state index < -0.39 is 14.8 Å². The molecule has 7 nitrogen and oxygen atoms in total. The van der Waals surface area contributed by atoms with E-state index in [4.69, 9.17) is 5.26 Å². The topological polar surface area (TPSA) is 114 Å². The molecule has 2 aromatic rings. The highest BCUT2D eigenvalue weighted by molar-refractivity contribution is 7.90. The smallest absolute Gasteiger partial charge is 0.258 e. The lowest BCUT2D eigenvalue weighted by molar-refractivity contribution is -0.384. The highest BCUT2D eigenvalue weighted by Gasteiger charge is 2.17. The largest absolute Gasteiger partial charge is 0.269 e. The molecule has 0 radical (unpaired) electrons. The number of nitro benzene ring substituents is 1. The minimum absolute atomic E-state index is 0.0107. The summed E-state index contributed by atoms with van der Waals surface area (Å²) in [4.78, 5) is 13.7. The molecule has 0 saturated carbocycles. The van der Waals surface area contributed by atoms with Crippen LogP contribution in [0.3, 0.4) is 0 Å². The third-order valence-corrected chi connectivity index (χ3v) is 4.41. The molecule has 0 aliphatic carbocycles. The third-order valence-electron chi connectivity index (χ3n) is 2.70. The Morgan fingerprint density at radius 3 is 2.48 bits per heavy atom. The van der Waals surface area contributed by atoms with Gasteiger partial charge in [0.25, 0.3) is 5.69 Å². The molecule has 0 aliphatic heterocycles. The molecule has 0 atom stereocenters. The second kappa shape index (κ2) is 5.68. The van der Waals surface area contributed by atoms with E-state index in [0.29, 0.717) is 5.56 Å². The fourth-order valence-electron chi connectivity index (χ4n) is 1.70. The van der Waals surface area contributed by atoms with Crippen molar-refractivity contribution in [3.05, 3.63) is 64.0 Å². The van der Waals surface area contributed by atoms with Crippen LogP contribution in [0.15, 0.2) is 47.5 Å². The lowest BCUT2D eigenvalue weighted by atomic mass is 10.2. The van der Waals surface area contributed by atoms with E-state index in [0.717, 1.165) is 12.1 Å². The lowest BCUT2D eigenvalue weighted by Crippen LogP contribution is -2.05. The van der Waals surface area contributed by atoms with Crippen LogP contribution in [0.2, 0.25) is 0 Å². The van der Waals surface area contributed by atoms with Crippen molar-refractivity contribution in [1.82, 2.24) is 4.98 Å². The van der Waals surface area contributed by atoms with Gasteiger partial charge in [0.05, 0.1) is 15.6 Å². The number of benzene rings is 1. The van der Waals surface area contributed by atoms with Gasteiger partial charge in [-0.2, -0.15) is 5.26 Å². The zero-order valence-electron chi connectivity index (χ0n) is 10.6. The number of rotatable bonds is 4. The highest BCUT2D eigenvalue weighted by Crippen LogP contribution is 2.20. The molecule has 1 aromatic heterocycles. The van der Waals surface area contributed by atoms with Gasteiger partial charge in [0.15, 0.2) is 9.84 Å². The Morgan fingerprint density at radius 1 is 1.24 bits per heavy atom. The summed E-state index contributed by atoms with van der Waals surface area (Å²) in [6, 6.07) is 9.39. The molecule has 1 heterocycles. The van der Waals surface area contributed by atoms with E-state index in [-0.39, 0.29) is 22.0 Å². The molecule has 2 rings (SSSR count). The van der Waals surface area contributed by atoms with E-state index >= 15 is 0 Å². The lowest BCUT2D eigenvalue weighted by Gasteiger charge is -2.04. The SMILES string of the molecule is N#Cc1cc(CS(=O)(=O)c2ccc([N+](=O)[O-])cc2)ccn1. The summed E-state index contributed by atoms with van der Waals surface area (Å²) in [5, 5.41) is 19.3. The highest BCUT2D eigenvalue weighted by atomic mass is 32.2. The molecular formula is C13H9N3O4S. The minimum Gasteiger partial charge on any atom is -0.258 e. The van der Waals surface area contributed by atoms with E-state index in [9.17, 15) is 18.5 Å². The first-order chi connectivity index (χ1) is 9.92. The normalized spacial score (nSPS) is 10.8. The molecule has 8 heteroatoms. The third kappa shape index (κ3) is 3.40. The molecular weight excluding hydrogens is 294 g/mol. The molecule has 0 amide bonds. The van der Waals surface area contributed by atoms with Crippen LogP contribution in [0.5, 0.6) is 0 Å². The molecule has 0 bridgehead atoms. The maximum atomic E-state index is 12.2. The number of aromatic nitrogens is 1. The standard InChI is InChI=1S/C13H9N3O4S/c14-8-11-7-10(5-6-15-11)9-21(19,20)13-3-1-12(2-4-13)16(17)18/h1-7H,9H2. The molecule has 0 N–H and O–H groups in total. The quantitative estimate of drug-likeness (QED) is 0.628. The van der Waals surface area contributed by atoms with Crippen molar-refractivity contribution in [3.8, 4) is 6.07 Å². The number of hydrogen-bond acceptors (Lipinski definition) is 6. The second-order valence-electron chi connectivity index (χ2n) is 4.17. The number of pyridine rings is 1. The van der Waals surface area contributed by atoms with Crippen LogP contribution < -0.4 is 0 Å². The average Bonchev–Trinajstić information content (AvgIpc) is 2.47. The zero-order valence-corrected chi connectivity index (χ0v) is 11.4. The number of non-ortho nitro benzene ring substituents is 1. The zero-order chi connectivity index (χ0) is 15.5. The summed E-state index contributed by atoms with van der Waals surface area (Å²) in [7, 11) is -3.64. The van der Waals surface area contributed by atoms with Crippen LogP contribution in [-0.2, 0) is 15.6 Å². The van der Waals surface area contributed by atoms with Gasteiger partial charge in [-0.1, -0.05) is 0 Å². The molecule has 0 aliphatic rings. The van der Waals surface area contributed by atoms with Gasteiger partial charge < -0.3 is 0 Å². The van der Waals surface area contributed by atoms with Gasteiger partial charge >= 0.3 is 0 Å². The maximum absolute atomic E-state index is 12.2. The summed E-state index contributed by atoms with van der Waals surface area (Å²) < 4.78 is 24.4. The fraction of sp³-hybridized carbons (Fsp3) is 0.0769. The van der Waals surface area contributed by atoms with Gasteiger partial charge in [-0.25, -0.2) is 13.4 Å². The van der Waals surface area contributed by atoms with Crippen LogP contribution in [0, 0.1) is 21.4 Å². The Morgan fingerprint density at radius 2 is 1.90 bits per heavy atom. The number of sulfone groups is 1. The van der Waals surface area contributed by atoms with Crippen LogP contribution in [0.25, 0.3) is 0 Å². The first kappa shape index (κ1) is 14.6. The molecule has 0 saturated heterocycles. The molecule has 0 unspecified atom stereocenters. The predicted molar refractivity (Wildman–Crippen MR) is 72.9 cm³/mol. The Bertz CT molecular complexity index is 823. The average molecular weight is 303 g/mol. The molecule has 0 fully saturated rings. The Balaban J connectivity index is 2.29. The van der Waals surface area contributed by atoms with Gasteiger partial charge in [-0.05, 0) is 29.8 Å². The van der Waals surface area contributed by atoms with E-state index in [1.54, 1.807) is 0 Å². The van der Waals surface area contributed by atoms with Crippen molar-refractivity contribution in [2.24, 2.45) is 0 Å². The van der Waals surface area contributed by atoms with Gasteiger partial charge in [-0.3, -0.25) is 10.1 Å². The van der Waals surface area contributed by atoms with Crippen LogP contribution in [0.4, 0.5) is 5.69 Å². The molecule has 1 aromatic carbocycles. The molecule has 106 valence electrons. The van der Waals surface area contributed by atoms with Crippen molar-refractivity contribution >= 4 is 15.5 Å². The summed E-state index contributed by atoms with van der Waals surface area (Å²) in [6.07, 6.45) is 1.36. The van der Waals surface area contributed by atoms with Crippen molar-refractivity contribution in [2.45, 2.75) is 10.6 Å². The summed E-state index contributed by atoms with van der Waals surface area (Å²) in [6.45, 7) is 0. The minimum atomic E-state index is -3.64. The number of hydrogen-bond donors (Lipinski definition) is 0. The van der Waals surface area contributed by atoms with Gasteiger partial charge in [0.1, 0.15) is 11.8 Å². The first-order valence-corrected chi connectivity index (χ1v) is 7.40. The summed E-state index contributed by atoms with van der Waals surface area (Å²) in [5.41, 5.74) is 0.385. The van der Waals surface area contributed by atoms with Gasteiger partial charge in [0.2, 0.25) is 0 Å². The predicted octanol–water partition coefficient (Wildman–Crippen LogP) is 1.84. The van der Waals surface area contributed by atoms with Gasteiger partial charge in [-0.15, -0.1) is 0 Å². The maximum Gasteiger partial charge on any atom is 0.269 e. The van der Waals surface area contributed by atoms with Gasteiger partial charge in [0, 0.05) is 18.3 Å². The van der Waals surface area contributed by atoms with Crippen LogP contribution in [0.1, 0.15) is 11.3 Å². The Labute approximate surface area is 120 Å². The summed E-state index contributed by atoms with van der Waals surface area (Å²) in [5.74, 6) is -0.304. The summed E-state index contributed by atoms with van der Waals surface area (Å²) >= 11 is 0. The monoisotopic (exact) mass is 303 g/mol.